The van der Waals surface area contributed by atoms with Crippen molar-refractivity contribution in [2.24, 2.45) is 0 Å². The van der Waals surface area contributed by atoms with Crippen molar-refractivity contribution in [3.63, 3.8) is 0 Å². The van der Waals surface area contributed by atoms with Crippen molar-refractivity contribution in [2.75, 3.05) is 38.0 Å². The van der Waals surface area contributed by atoms with Crippen molar-refractivity contribution in [1.29, 1.82) is 0 Å². The van der Waals surface area contributed by atoms with Gasteiger partial charge in [-0.05, 0) is 36.8 Å². The number of nitrogens with one attached hydrogen (secondary N) is 1. The molecule has 1 heterocycles. The molecule has 1 N–H and O–H groups in total. The molecule has 2 aromatic rings. The van der Waals surface area contributed by atoms with Crippen LogP contribution in [0.5, 0.6) is 0 Å². The van der Waals surface area contributed by atoms with Gasteiger partial charge >= 0.3 is 0 Å². The van der Waals surface area contributed by atoms with Gasteiger partial charge in [-0.2, -0.15) is 0 Å². The Hall–Kier alpha value is -1.95. The molecule has 0 aromatic heterocycles. The van der Waals surface area contributed by atoms with Crippen LogP contribution in [-0.4, -0.2) is 48.4 Å². The van der Waals surface area contributed by atoms with Crippen LogP contribution in [0.3, 0.4) is 0 Å². The first-order valence-corrected chi connectivity index (χ1v) is 9.17. The first-order valence-electron chi connectivity index (χ1n) is 8.79. The Balaban J connectivity index is 1.48. The lowest BCUT2D eigenvalue weighted by atomic mass is 10.1. The van der Waals surface area contributed by atoms with E-state index in [2.05, 4.69) is 22.0 Å². The molecular formula is C20H23ClFN3O. The van der Waals surface area contributed by atoms with Gasteiger partial charge < -0.3 is 5.32 Å². The van der Waals surface area contributed by atoms with Gasteiger partial charge in [-0.1, -0.05) is 35.9 Å². The fourth-order valence-electron chi connectivity index (χ4n) is 3.22. The van der Waals surface area contributed by atoms with E-state index in [4.69, 9.17) is 11.6 Å². The molecule has 138 valence electrons. The number of amides is 1. The fraction of sp³-hybridized carbons (Fsp3) is 0.350. The molecule has 0 radical (unpaired) electrons. The minimum absolute atomic E-state index is 0.0573. The van der Waals surface area contributed by atoms with Crippen LogP contribution in [0.1, 0.15) is 18.5 Å². The Morgan fingerprint density at radius 2 is 1.77 bits per heavy atom. The zero-order valence-electron chi connectivity index (χ0n) is 14.8. The van der Waals surface area contributed by atoms with Gasteiger partial charge in [0.2, 0.25) is 5.91 Å². The first-order chi connectivity index (χ1) is 12.5. The highest BCUT2D eigenvalue weighted by atomic mass is 35.5. The number of anilines is 1. The number of nitrogens with zero attached hydrogens (tertiary/aromatic N) is 2. The Labute approximate surface area is 158 Å². The van der Waals surface area contributed by atoms with Gasteiger partial charge in [-0.3, -0.25) is 14.6 Å². The average Bonchev–Trinajstić information content (AvgIpc) is 2.64. The minimum atomic E-state index is -0.213. The Morgan fingerprint density at radius 1 is 1.12 bits per heavy atom. The normalized spacial score (nSPS) is 17.0. The number of carbonyl (C=O) groups is 1. The van der Waals surface area contributed by atoms with E-state index in [1.807, 2.05) is 24.3 Å². The van der Waals surface area contributed by atoms with Crippen LogP contribution >= 0.6 is 11.6 Å². The van der Waals surface area contributed by atoms with Gasteiger partial charge in [-0.15, -0.1) is 0 Å². The maximum absolute atomic E-state index is 13.1. The Morgan fingerprint density at radius 3 is 2.42 bits per heavy atom. The molecule has 0 unspecified atom stereocenters. The third-order valence-electron chi connectivity index (χ3n) is 4.82. The number of para-hydroxylation sites is 1. The van der Waals surface area contributed by atoms with Gasteiger partial charge in [0.05, 0.1) is 17.3 Å². The van der Waals surface area contributed by atoms with E-state index in [0.29, 0.717) is 17.3 Å². The topological polar surface area (TPSA) is 35.6 Å². The third-order valence-corrected chi connectivity index (χ3v) is 5.15. The maximum Gasteiger partial charge on any atom is 0.238 e. The summed E-state index contributed by atoms with van der Waals surface area (Å²) in [4.78, 5) is 16.7. The summed E-state index contributed by atoms with van der Waals surface area (Å²) in [6, 6.07) is 14.1. The fourth-order valence-corrected chi connectivity index (χ4v) is 3.40. The van der Waals surface area contributed by atoms with E-state index in [0.717, 1.165) is 31.7 Å². The van der Waals surface area contributed by atoms with Gasteiger partial charge in [0.15, 0.2) is 0 Å². The lowest BCUT2D eigenvalue weighted by Gasteiger charge is -2.38. The molecule has 6 heteroatoms. The molecule has 0 spiro atoms. The second-order valence-corrected chi connectivity index (χ2v) is 6.97. The molecule has 1 aliphatic rings. The monoisotopic (exact) mass is 375 g/mol. The van der Waals surface area contributed by atoms with Crippen molar-refractivity contribution in [1.82, 2.24) is 9.80 Å². The highest BCUT2D eigenvalue weighted by Crippen LogP contribution is 2.22. The highest BCUT2D eigenvalue weighted by molar-refractivity contribution is 6.33. The highest BCUT2D eigenvalue weighted by Gasteiger charge is 2.23. The van der Waals surface area contributed by atoms with Crippen LogP contribution in [0.4, 0.5) is 10.1 Å². The summed E-state index contributed by atoms with van der Waals surface area (Å²) in [7, 11) is 0. The predicted octanol–water partition coefficient (Wildman–Crippen LogP) is 3.80. The molecule has 1 aliphatic heterocycles. The average molecular weight is 376 g/mol. The number of hydrogen-bond donors (Lipinski definition) is 1. The zero-order chi connectivity index (χ0) is 18.5. The van der Waals surface area contributed by atoms with Crippen LogP contribution in [-0.2, 0) is 4.79 Å². The van der Waals surface area contributed by atoms with Gasteiger partial charge in [0.1, 0.15) is 5.82 Å². The Kier molecular flexibility index (Phi) is 6.25. The standard InChI is InChI=1S/C20H23ClFN3O/c1-15(16-6-8-17(22)9-7-16)25-12-10-24(11-13-25)14-20(26)23-19-5-3-2-4-18(19)21/h2-9,15H,10-14H2,1H3,(H,23,26)/t15-/m0/s1. The number of piperazine rings is 1. The smallest absolute Gasteiger partial charge is 0.238 e. The lowest BCUT2D eigenvalue weighted by Crippen LogP contribution is -2.49. The summed E-state index contributed by atoms with van der Waals surface area (Å²) >= 11 is 6.07. The van der Waals surface area contributed by atoms with Crippen LogP contribution < -0.4 is 5.32 Å². The maximum atomic E-state index is 13.1. The van der Waals surface area contributed by atoms with Crippen molar-refractivity contribution in [3.05, 3.63) is 64.9 Å². The van der Waals surface area contributed by atoms with Gasteiger partial charge in [0.25, 0.3) is 0 Å². The van der Waals surface area contributed by atoms with Crippen molar-refractivity contribution < 1.29 is 9.18 Å². The number of hydrogen-bond acceptors (Lipinski definition) is 3. The van der Waals surface area contributed by atoms with Crippen LogP contribution in [0.2, 0.25) is 5.02 Å². The molecule has 0 aliphatic carbocycles. The zero-order valence-corrected chi connectivity index (χ0v) is 15.5. The number of benzene rings is 2. The van der Waals surface area contributed by atoms with E-state index in [-0.39, 0.29) is 17.8 Å². The quantitative estimate of drug-likeness (QED) is 0.863. The van der Waals surface area contributed by atoms with Crippen LogP contribution in [0.25, 0.3) is 0 Å². The molecule has 0 saturated carbocycles. The summed E-state index contributed by atoms with van der Waals surface area (Å²) in [5, 5.41) is 3.40. The minimum Gasteiger partial charge on any atom is -0.324 e. The summed E-state index contributed by atoms with van der Waals surface area (Å²) in [5.74, 6) is -0.270. The molecular weight excluding hydrogens is 353 g/mol. The molecule has 3 rings (SSSR count). The van der Waals surface area contributed by atoms with Crippen molar-refractivity contribution in [3.8, 4) is 0 Å². The SMILES string of the molecule is C[C@@H](c1ccc(F)cc1)N1CCN(CC(=O)Nc2ccccc2Cl)CC1. The van der Waals surface area contributed by atoms with Crippen LogP contribution in [0, 0.1) is 5.82 Å². The molecule has 1 amide bonds. The molecule has 4 nitrogen and oxygen atoms in total. The molecule has 1 fully saturated rings. The number of halogens is 2. The number of carbonyl (C=O) groups excluding carboxylic acids is 1. The summed E-state index contributed by atoms with van der Waals surface area (Å²) in [6.45, 7) is 5.87. The second-order valence-electron chi connectivity index (χ2n) is 6.57. The van der Waals surface area contributed by atoms with Gasteiger partial charge in [-0.25, -0.2) is 4.39 Å². The third kappa shape index (κ3) is 4.81. The predicted molar refractivity (Wildman–Crippen MR) is 103 cm³/mol. The van der Waals surface area contributed by atoms with Crippen LogP contribution in [0.15, 0.2) is 48.5 Å². The molecule has 1 atom stereocenters. The summed E-state index contributed by atoms with van der Waals surface area (Å²) < 4.78 is 13.1. The second kappa shape index (κ2) is 8.62. The molecule has 1 saturated heterocycles. The van der Waals surface area contributed by atoms with Crippen molar-refractivity contribution in [2.45, 2.75) is 13.0 Å². The number of rotatable bonds is 5. The molecule has 2 aromatic carbocycles. The first kappa shape index (κ1) is 18.8. The van der Waals surface area contributed by atoms with Gasteiger partial charge in [0, 0.05) is 32.2 Å². The molecule has 26 heavy (non-hydrogen) atoms. The van der Waals surface area contributed by atoms with E-state index in [1.54, 1.807) is 12.1 Å². The van der Waals surface area contributed by atoms with E-state index < -0.39 is 0 Å². The largest absolute Gasteiger partial charge is 0.324 e. The summed E-state index contributed by atoms with van der Waals surface area (Å²) in [5.41, 5.74) is 1.75. The van der Waals surface area contributed by atoms with E-state index in [9.17, 15) is 9.18 Å². The summed E-state index contributed by atoms with van der Waals surface area (Å²) in [6.07, 6.45) is 0. The van der Waals surface area contributed by atoms with E-state index in [1.165, 1.54) is 12.1 Å². The lowest BCUT2D eigenvalue weighted by molar-refractivity contribution is -0.117. The molecule has 0 bridgehead atoms. The van der Waals surface area contributed by atoms with E-state index >= 15 is 0 Å². The Bertz CT molecular complexity index is 745. The van der Waals surface area contributed by atoms with Crippen molar-refractivity contribution >= 4 is 23.2 Å².